The number of ether oxygens (including phenoxy) is 2. The summed E-state index contributed by atoms with van der Waals surface area (Å²) < 4.78 is 16.4. The minimum absolute atomic E-state index is 0.0940. The van der Waals surface area contributed by atoms with E-state index < -0.39 is 12.1 Å². The van der Waals surface area contributed by atoms with Crippen LogP contribution >= 0.6 is 11.3 Å². The van der Waals surface area contributed by atoms with Crippen LogP contribution in [-0.4, -0.2) is 24.6 Å². The molecule has 0 spiro atoms. The molecule has 1 atom stereocenters. The van der Waals surface area contributed by atoms with Crippen LogP contribution in [0.1, 0.15) is 34.8 Å². The Labute approximate surface area is 161 Å². The second-order valence-electron chi connectivity index (χ2n) is 5.99. The molecule has 1 N–H and O–H groups in total. The van der Waals surface area contributed by atoms with Crippen molar-refractivity contribution >= 4 is 34.2 Å². The zero-order valence-electron chi connectivity index (χ0n) is 15.4. The molecule has 0 saturated heterocycles. The van der Waals surface area contributed by atoms with Gasteiger partial charge in [-0.05, 0) is 50.4 Å². The molecule has 6 nitrogen and oxygen atoms in total. The number of carbonyl (C=O) groups excluding carboxylic acids is 2. The molecule has 0 aliphatic heterocycles. The summed E-state index contributed by atoms with van der Waals surface area (Å²) in [7, 11) is 0. The highest BCUT2D eigenvalue weighted by molar-refractivity contribution is 7.09. The van der Waals surface area contributed by atoms with Crippen LogP contribution in [0.25, 0.3) is 11.0 Å². The lowest BCUT2D eigenvalue weighted by Gasteiger charge is -2.12. The molecule has 0 unspecified atom stereocenters. The first-order chi connectivity index (χ1) is 13.0. The summed E-state index contributed by atoms with van der Waals surface area (Å²) in [5.41, 5.74) is 1.22. The normalized spacial score (nSPS) is 12.0. The Hall–Kier alpha value is -2.80. The standard InChI is InChI=1S/C20H21NO5S/c1-4-24-14-7-8-17-16(10-14)12(2)18(26-17)20(23)25-13(3)19(22)21-11-15-6-5-9-27-15/h5-10,13H,4,11H2,1-3H3,(H,21,22)/t13-/m0/s1. The third kappa shape index (κ3) is 4.31. The van der Waals surface area contributed by atoms with Gasteiger partial charge in [-0.2, -0.15) is 0 Å². The Bertz CT molecular complexity index is 945. The van der Waals surface area contributed by atoms with Gasteiger partial charge in [0.2, 0.25) is 5.76 Å². The molecule has 7 heteroatoms. The highest BCUT2D eigenvalue weighted by Crippen LogP contribution is 2.29. The fourth-order valence-corrected chi connectivity index (χ4v) is 3.29. The molecule has 0 aliphatic rings. The van der Waals surface area contributed by atoms with E-state index >= 15 is 0 Å². The van der Waals surface area contributed by atoms with Gasteiger partial charge in [-0.1, -0.05) is 6.07 Å². The first-order valence-electron chi connectivity index (χ1n) is 8.66. The molecule has 1 aromatic carbocycles. The van der Waals surface area contributed by atoms with E-state index in [1.165, 1.54) is 6.92 Å². The molecular weight excluding hydrogens is 366 g/mol. The number of thiophene rings is 1. The van der Waals surface area contributed by atoms with Crippen LogP contribution in [-0.2, 0) is 16.1 Å². The lowest BCUT2D eigenvalue weighted by molar-refractivity contribution is -0.129. The Kier molecular flexibility index (Phi) is 5.81. The second kappa shape index (κ2) is 8.26. The van der Waals surface area contributed by atoms with Gasteiger partial charge in [-0.25, -0.2) is 4.79 Å². The molecule has 0 radical (unpaired) electrons. The topological polar surface area (TPSA) is 77.8 Å². The number of aryl methyl sites for hydroxylation is 1. The van der Waals surface area contributed by atoms with Crippen LogP contribution in [0, 0.1) is 6.92 Å². The van der Waals surface area contributed by atoms with Crippen LogP contribution in [0.3, 0.4) is 0 Å². The average molecular weight is 387 g/mol. The number of nitrogens with one attached hydrogen (secondary N) is 1. The van der Waals surface area contributed by atoms with Crippen molar-refractivity contribution in [3.05, 3.63) is 51.9 Å². The van der Waals surface area contributed by atoms with Gasteiger partial charge < -0.3 is 19.2 Å². The summed E-state index contributed by atoms with van der Waals surface area (Å²) >= 11 is 1.55. The summed E-state index contributed by atoms with van der Waals surface area (Å²) in [6, 6.07) is 9.20. The third-order valence-corrected chi connectivity index (χ3v) is 4.95. The summed E-state index contributed by atoms with van der Waals surface area (Å²) in [5, 5.41) is 5.47. The van der Waals surface area contributed by atoms with Crippen molar-refractivity contribution in [2.45, 2.75) is 33.4 Å². The number of carbonyl (C=O) groups is 2. The molecule has 2 heterocycles. The number of benzene rings is 1. The molecule has 0 saturated carbocycles. The maximum absolute atomic E-state index is 12.5. The van der Waals surface area contributed by atoms with E-state index in [2.05, 4.69) is 5.32 Å². The van der Waals surface area contributed by atoms with E-state index in [4.69, 9.17) is 13.9 Å². The maximum atomic E-state index is 12.5. The van der Waals surface area contributed by atoms with Crippen molar-refractivity contribution in [2.75, 3.05) is 6.61 Å². The third-order valence-electron chi connectivity index (χ3n) is 4.07. The number of rotatable bonds is 7. The Balaban J connectivity index is 1.67. The molecule has 1 amide bonds. The van der Waals surface area contributed by atoms with Gasteiger partial charge in [0.15, 0.2) is 6.10 Å². The molecule has 3 aromatic rings. The van der Waals surface area contributed by atoms with Crippen LogP contribution in [0.5, 0.6) is 5.75 Å². The van der Waals surface area contributed by atoms with E-state index in [1.54, 1.807) is 30.4 Å². The van der Waals surface area contributed by atoms with E-state index in [0.29, 0.717) is 30.0 Å². The largest absolute Gasteiger partial charge is 0.494 e. The molecule has 0 aliphatic carbocycles. The summed E-state index contributed by atoms with van der Waals surface area (Å²) in [6.07, 6.45) is -0.927. The van der Waals surface area contributed by atoms with Crippen LogP contribution in [0.15, 0.2) is 40.1 Å². The van der Waals surface area contributed by atoms with Gasteiger partial charge in [0.1, 0.15) is 11.3 Å². The lowest BCUT2D eigenvalue weighted by atomic mass is 10.1. The van der Waals surface area contributed by atoms with Crippen LogP contribution in [0.4, 0.5) is 0 Å². The summed E-state index contributed by atoms with van der Waals surface area (Å²) in [6.45, 7) is 6.17. The van der Waals surface area contributed by atoms with E-state index in [1.807, 2.05) is 30.5 Å². The van der Waals surface area contributed by atoms with Crippen molar-refractivity contribution in [1.82, 2.24) is 5.32 Å². The molecule has 2 aromatic heterocycles. The molecule has 27 heavy (non-hydrogen) atoms. The Morgan fingerprint density at radius 3 is 2.81 bits per heavy atom. The number of hydrogen-bond acceptors (Lipinski definition) is 6. The first kappa shape index (κ1) is 19.0. The Morgan fingerprint density at radius 2 is 2.11 bits per heavy atom. The average Bonchev–Trinajstić information content (AvgIpc) is 3.28. The van der Waals surface area contributed by atoms with Gasteiger partial charge in [-0.3, -0.25) is 4.79 Å². The lowest BCUT2D eigenvalue weighted by Crippen LogP contribution is -2.35. The number of esters is 1. The zero-order valence-corrected chi connectivity index (χ0v) is 16.2. The van der Waals surface area contributed by atoms with Gasteiger partial charge in [0.25, 0.3) is 5.91 Å². The number of hydrogen-bond donors (Lipinski definition) is 1. The smallest absolute Gasteiger partial charge is 0.375 e. The minimum Gasteiger partial charge on any atom is -0.494 e. The first-order valence-corrected chi connectivity index (χ1v) is 9.54. The predicted octanol–water partition coefficient (Wildman–Crippen LogP) is 4.06. The molecular formula is C20H21NO5S. The van der Waals surface area contributed by atoms with E-state index in [9.17, 15) is 9.59 Å². The molecule has 142 valence electrons. The quantitative estimate of drug-likeness (QED) is 0.619. The Morgan fingerprint density at radius 1 is 1.30 bits per heavy atom. The zero-order chi connectivity index (χ0) is 19.4. The van der Waals surface area contributed by atoms with Gasteiger partial charge in [0, 0.05) is 15.8 Å². The molecule has 0 bridgehead atoms. The fourth-order valence-electron chi connectivity index (χ4n) is 2.65. The van der Waals surface area contributed by atoms with Crippen LogP contribution < -0.4 is 10.1 Å². The van der Waals surface area contributed by atoms with Gasteiger partial charge >= 0.3 is 5.97 Å². The van der Waals surface area contributed by atoms with E-state index in [-0.39, 0.29) is 11.7 Å². The molecule has 0 fully saturated rings. The van der Waals surface area contributed by atoms with Crippen molar-refractivity contribution < 1.29 is 23.5 Å². The minimum atomic E-state index is -0.927. The second-order valence-corrected chi connectivity index (χ2v) is 7.02. The predicted molar refractivity (Wildman–Crippen MR) is 103 cm³/mol. The summed E-state index contributed by atoms with van der Waals surface area (Å²) in [4.78, 5) is 25.6. The number of amides is 1. The van der Waals surface area contributed by atoms with Crippen molar-refractivity contribution in [3.63, 3.8) is 0 Å². The maximum Gasteiger partial charge on any atom is 0.375 e. The number of fused-ring (bicyclic) bond motifs is 1. The highest BCUT2D eigenvalue weighted by atomic mass is 32.1. The molecule has 3 rings (SSSR count). The SMILES string of the molecule is CCOc1ccc2oc(C(=O)O[C@@H](C)C(=O)NCc3cccs3)c(C)c2c1. The van der Waals surface area contributed by atoms with E-state index in [0.717, 1.165) is 10.3 Å². The van der Waals surface area contributed by atoms with Crippen molar-refractivity contribution in [1.29, 1.82) is 0 Å². The van der Waals surface area contributed by atoms with Crippen molar-refractivity contribution in [2.24, 2.45) is 0 Å². The van der Waals surface area contributed by atoms with Gasteiger partial charge in [0.05, 0.1) is 13.2 Å². The van der Waals surface area contributed by atoms with Gasteiger partial charge in [-0.15, -0.1) is 11.3 Å². The number of furan rings is 1. The van der Waals surface area contributed by atoms with Crippen molar-refractivity contribution in [3.8, 4) is 5.75 Å². The fraction of sp³-hybridized carbons (Fsp3) is 0.300. The highest BCUT2D eigenvalue weighted by Gasteiger charge is 2.24. The monoisotopic (exact) mass is 387 g/mol. The summed E-state index contributed by atoms with van der Waals surface area (Å²) in [5.74, 6) is -0.226. The van der Waals surface area contributed by atoms with Crippen LogP contribution in [0.2, 0.25) is 0 Å².